The third kappa shape index (κ3) is 3.88. The highest BCUT2D eigenvalue weighted by Crippen LogP contribution is 2.42. The molecule has 1 aromatic heterocycles. The predicted molar refractivity (Wildman–Crippen MR) is 165 cm³/mol. The van der Waals surface area contributed by atoms with Crippen molar-refractivity contribution in [3.8, 4) is 28.1 Å². The zero-order chi connectivity index (χ0) is 27.5. The average molecular weight is 522 g/mol. The Balaban J connectivity index is 1.62. The van der Waals surface area contributed by atoms with E-state index in [1.54, 1.807) is 0 Å². The second-order valence-electron chi connectivity index (χ2n) is 11.5. The Morgan fingerprint density at radius 1 is 0.625 bits per heavy atom. The van der Waals surface area contributed by atoms with Crippen LogP contribution in [0.3, 0.4) is 0 Å². The highest BCUT2D eigenvalue weighted by Gasteiger charge is 2.52. The zero-order valence-electron chi connectivity index (χ0n) is 23.3. The van der Waals surface area contributed by atoms with E-state index < -0.39 is 18.3 Å². The van der Waals surface area contributed by atoms with E-state index in [-0.39, 0.29) is 0 Å². The van der Waals surface area contributed by atoms with Gasteiger partial charge in [0.25, 0.3) is 0 Å². The molecule has 0 aliphatic carbocycles. The fourth-order valence-corrected chi connectivity index (χ4v) is 5.66. The van der Waals surface area contributed by atoms with Gasteiger partial charge in [-0.25, -0.2) is 4.68 Å². The summed E-state index contributed by atoms with van der Waals surface area (Å²) in [6.07, 6.45) is 0. The molecule has 4 nitrogen and oxygen atoms in total. The number of hydrogen-bond acceptors (Lipinski definition) is 3. The summed E-state index contributed by atoms with van der Waals surface area (Å²) < 4.78 is 15.2. The number of benzene rings is 5. The first kappa shape index (κ1) is 24.8. The SMILES string of the molecule is CC1(C)OB(c2cccc3c2cc(-c2ccccc2)c2c(-c4ccccc4)nn(-c4ccccc4)c23)OC1(C)C. The Kier molecular flexibility index (Phi) is 5.70. The van der Waals surface area contributed by atoms with Crippen molar-refractivity contribution in [2.75, 3.05) is 0 Å². The summed E-state index contributed by atoms with van der Waals surface area (Å²) in [5, 5.41) is 8.63. The van der Waals surface area contributed by atoms with Crippen LogP contribution in [0.2, 0.25) is 0 Å². The molecule has 0 N–H and O–H groups in total. The number of nitrogens with zero attached hydrogens (tertiary/aromatic N) is 2. The minimum absolute atomic E-state index is 0.432. The van der Waals surface area contributed by atoms with Crippen molar-refractivity contribution < 1.29 is 9.31 Å². The summed E-state index contributed by atoms with van der Waals surface area (Å²) in [6.45, 7) is 8.40. The molecule has 1 aliphatic heterocycles. The first-order valence-corrected chi connectivity index (χ1v) is 13.8. The van der Waals surface area contributed by atoms with E-state index in [0.29, 0.717) is 0 Å². The van der Waals surface area contributed by atoms with E-state index in [1.165, 1.54) is 0 Å². The van der Waals surface area contributed by atoms with Gasteiger partial charge in [-0.3, -0.25) is 0 Å². The van der Waals surface area contributed by atoms with Crippen molar-refractivity contribution in [2.24, 2.45) is 0 Å². The average Bonchev–Trinajstić information content (AvgIpc) is 3.48. The van der Waals surface area contributed by atoms with E-state index >= 15 is 0 Å². The van der Waals surface area contributed by atoms with Crippen LogP contribution >= 0.6 is 0 Å². The molecular weight excluding hydrogens is 491 g/mol. The topological polar surface area (TPSA) is 36.3 Å². The monoisotopic (exact) mass is 522 g/mol. The summed E-state index contributed by atoms with van der Waals surface area (Å²) in [4.78, 5) is 0. The van der Waals surface area contributed by atoms with Gasteiger partial charge < -0.3 is 9.31 Å². The number of rotatable bonds is 4. The summed E-state index contributed by atoms with van der Waals surface area (Å²) in [7, 11) is -0.475. The molecule has 0 bridgehead atoms. The second-order valence-corrected chi connectivity index (χ2v) is 11.5. The molecule has 0 saturated carbocycles. The second kappa shape index (κ2) is 9.19. The third-order valence-electron chi connectivity index (χ3n) is 8.48. The van der Waals surface area contributed by atoms with Crippen molar-refractivity contribution in [1.29, 1.82) is 0 Å². The van der Waals surface area contributed by atoms with Crippen molar-refractivity contribution in [3.05, 3.63) is 115 Å². The maximum absolute atomic E-state index is 6.56. The molecule has 0 unspecified atom stereocenters. The molecule has 1 aliphatic rings. The molecule has 5 heteroatoms. The molecule has 0 amide bonds. The summed E-state index contributed by atoms with van der Waals surface area (Å²) in [6, 6.07) is 40.2. The molecule has 2 heterocycles. The largest absolute Gasteiger partial charge is 0.495 e. The number of para-hydroxylation sites is 1. The van der Waals surface area contributed by atoms with Crippen molar-refractivity contribution >= 4 is 34.3 Å². The molecule has 7 rings (SSSR count). The Labute approximate surface area is 235 Å². The van der Waals surface area contributed by atoms with Gasteiger partial charge in [0.05, 0.1) is 22.4 Å². The van der Waals surface area contributed by atoms with Crippen LogP contribution in [0, 0.1) is 0 Å². The van der Waals surface area contributed by atoms with Crippen LogP contribution in [0.4, 0.5) is 0 Å². The summed E-state index contributed by atoms with van der Waals surface area (Å²) in [5.74, 6) is 0. The first-order chi connectivity index (χ1) is 19.3. The van der Waals surface area contributed by atoms with Crippen LogP contribution in [-0.4, -0.2) is 28.1 Å². The van der Waals surface area contributed by atoms with Crippen molar-refractivity contribution in [3.63, 3.8) is 0 Å². The fourth-order valence-electron chi connectivity index (χ4n) is 5.66. The Morgan fingerprint density at radius 2 is 1.20 bits per heavy atom. The fraction of sp³-hybridized carbons (Fsp3) is 0.171. The normalized spacial score (nSPS) is 16.1. The van der Waals surface area contributed by atoms with Gasteiger partial charge in [0.15, 0.2) is 0 Å². The Bertz CT molecular complexity index is 1830. The number of fused-ring (bicyclic) bond motifs is 3. The first-order valence-electron chi connectivity index (χ1n) is 13.8. The van der Waals surface area contributed by atoms with E-state index in [4.69, 9.17) is 14.4 Å². The summed E-state index contributed by atoms with van der Waals surface area (Å²) in [5.41, 5.74) is 6.56. The molecule has 40 heavy (non-hydrogen) atoms. The van der Waals surface area contributed by atoms with Crippen LogP contribution in [0.5, 0.6) is 0 Å². The lowest BCUT2D eigenvalue weighted by Gasteiger charge is -2.32. The van der Waals surface area contributed by atoms with Gasteiger partial charge in [-0.05, 0) is 67.9 Å². The van der Waals surface area contributed by atoms with Gasteiger partial charge in [0.2, 0.25) is 0 Å². The Morgan fingerprint density at radius 3 is 1.82 bits per heavy atom. The lowest BCUT2D eigenvalue weighted by atomic mass is 9.75. The quantitative estimate of drug-likeness (QED) is 0.222. The lowest BCUT2D eigenvalue weighted by Crippen LogP contribution is -2.41. The lowest BCUT2D eigenvalue weighted by molar-refractivity contribution is 0.00578. The van der Waals surface area contributed by atoms with E-state index in [9.17, 15) is 0 Å². The highest BCUT2D eigenvalue weighted by atomic mass is 16.7. The molecule has 0 radical (unpaired) electrons. The van der Waals surface area contributed by atoms with Crippen LogP contribution in [0.15, 0.2) is 115 Å². The van der Waals surface area contributed by atoms with E-state index in [0.717, 1.165) is 55.2 Å². The Hall–Kier alpha value is -4.19. The van der Waals surface area contributed by atoms with Gasteiger partial charge in [-0.1, -0.05) is 97.1 Å². The van der Waals surface area contributed by atoms with E-state index in [1.807, 2.05) is 12.1 Å². The number of hydrogen-bond donors (Lipinski definition) is 0. The van der Waals surface area contributed by atoms with Crippen molar-refractivity contribution in [1.82, 2.24) is 9.78 Å². The van der Waals surface area contributed by atoms with Gasteiger partial charge in [-0.15, -0.1) is 0 Å². The van der Waals surface area contributed by atoms with Crippen LogP contribution in [0.1, 0.15) is 27.7 Å². The minimum Gasteiger partial charge on any atom is -0.399 e. The maximum atomic E-state index is 6.56. The summed E-state index contributed by atoms with van der Waals surface area (Å²) >= 11 is 0. The van der Waals surface area contributed by atoms with Gasteiger partial charge in [0.1, 0.15) is 5.69 Å². The van der Waals surface area contributed by atoms with Gasteiger partial charge in [0, 0.05) is 16.3 Å². The predicted octanol–water partition coefficient (Wildman–Crippen LogP) is 7.81. The zero-order valence-corrected chi connectivity index (χ0v) is 23.3. The highest BCUT2D eigenvalue weighted by molar-refractivity contribution is 6.65. The molecule has 6 aromatic rings. The standard InChI is InChI=1S/C35H31BN2O2/c1-34(2)35(3,4)40-36(39-34)30-22-14-21-27-29(30)23-28(24-15-8-5-9-16-24)31-32(25-17-10-6-11-18-25)37-38(33(27)31)26-19-12-7-13-20-26/h5-23H,1-4H3. The van der Waals surface area contributed by atoms with Gasteiger partial charge in [-0.2, -0.15) is 5.10 Å². The van der Waals surface area contributed by atoms with Crippen LogP contribution in [-0.2, 0) is 9.31 Å². The van der Waals surface area contributed by atoms with Gasteiger partial charge >= 0.3 is 7.12 Å². The molecule has 196 valence electrons. The molecule has 5 aromatic carbocycles. The molecule has 0 spiro atoms. The maximum Gasteiger partial charge on any atom is 0.495 e. The molecular formula is C35H31BN2O2. The molecule has 1 fully saturated rings. The smallest absolute Gasteiger partial charge is 0.399 e. The third-order valence-corrected chi connectivity index (χ3v) is 8.48. The van der Waals surface area contributed by atoms with Crippen LogP contribution < -0.4 is 5.46 Å². The van der Waals surface area contributed by atoms with E-state index in [2.05, 4.69) is 136 Å². The number of aromatic nitrogens is 2. The minimum atomic E-state index is -0.475. The molecule has 0 atom stereocenters. The van der Waals surface area contributed by atoms with Crippen LogP contribution in [0.25, 0.3) is 49.7 Å². The van der Waals surface area contributed by atoms with Crippen molar-refractivity contribution in [2.45, 2.75) is 38.9 Å². The molecule has 1 saturated heterocycles.